The molecule has 3 nitrogen and oxygen atoms in total. The number of benzene rings is 2. The van der Waals surface area contributed by atoms with Crippen molar-refractivity contribution in [2.24, 2.45) is 0 Å². The number of aromatic hydroxyl groups is 1. The van der Waals surface area contributed by atoms with E-state index in [1.807, 2.05) is 24.3 Å². The normalized spacial score (nSPS) is 11.1. The molecule has 0 aliphatic rings. The summed E-state index contributed by atoms with van der Waals surface area (Å²) in [5, 5.41) is 14.7. The molecule has 0 aliphatic heterocycles. The summed E-state index contributed by atoms with van der Waals surface area (Å²) in [6, 6.07) is 11.2. The van der Waals surface area contributed by atoms with Gasteiger partial charge in [-0.1, -0.05) is 18.2 Å². The standard InChI is InChI=1S/C13H11NO2/c1-14-13-9(15)6-7-11-12(13)8-4-2-3-5-10(8)16-11/h2-7,14-15H,1H3. The molecule has 0 bridgehead atoms. The van der Waals surface area contributed by atoms with E-state index in [4.69, 9.17) is 4.42 Å². The van der Waals surface area contributed by atoms with Gasteiger partial charge in [-0.25, -0.2) is 0 Å². The predicted molar refractivity (Wildman–Crippen MR) is 64.9 cm³/mol. The maximum atomic E-state index is 9.78. The number of hydrogen-bond acceptors (Lipinski definition) is 3. The van der Waals surface area contributed by atoms with Crippen LogP contribution in [0.2, 0.25) is 0 Å². The third kappa shape index (κ3) is 1.08. The molecule has 1 aromatic heterocycles. The van der Waals surface area contributed by atoms with Crippen LogP contribution < -0.4 is 5.32 Å². The molecule has 16 heavy (non-hydrogen) atoms. The molecule has 2 N–H and O–H groups in total. The summed E-state index contributed by atoms with van der Waals surface area (Å²) >= 11 is 0. The SMILES string of the molecule is CNc1c(O)ccc2oc3ccccc3c12. The zero-order chi connectivity index (χ0) is 11.1. The first-order valence-electron chi connectivity index (χ1n) is 5.12. The lowest BCUT2D eigenvalue weighted by molar-refractivity contribution is 0.478. The molecule has 0 saturated heterocycles. The van der Waals surface area contributed by atoms with Gasteiger partial charge in [-0.2, -0.15) is 0 Å². The summed E-state index contributed by atoms with van der Waals surface area (Å²) in [5.41, 5.74) is 2.32. The molecule has 0 unspecified atom stereocenters. The van der Waals surface area contributed by atoms with Gasteiger partial charge in [0.1, 0.15) is 16.9 Å². The van der Waals surface area contributed by atoms with E-state index in [0.29, 0.717) is 5.69 Å². The minimum atomic E-state index is 0.238. The fraction of sp³-hybridized carbons (Fsp3) is 0.0769. The van der Waals surface area contributed by atoms with Crippen molar-refractivity contribution in [1.29, 1.82) is 0 Å². The highest BCUT2D eigenvalue weighted by molar-refractivity contribution is 6.12. The zero-order valence-corrected chi connectivity index (χ0v) is 8.82. The predicted octanol–water partition coefficient (Wildman–Crippen LogP) is 3.33. The van der Waals surface area contributed by atoms with Crippen molar-refractivity contribution in [3.8, 4) is 5.75 Å². The summed E-state index contributed by atoms with van der Waals surface area (Å²) in [6.45, 7) is 0. The Bertz CT molecular complexity index is 670. The highest BCUT2D eigenvalue weighted by Crippen LogP contribution is 2.38. The molecular weight excluding hydrogens is 202 g/mol. The lowest BCUT2D eigenvalue weighted by Crippen LogP contribution is -1.88. The van der Waals surface area contributed by atoms with Crippen LogP contribution in [0.25, 0.3) is 21.9 Å². The smallest absolute Gasteiger partial charge is 0.139 e. The van der Waals surface area contributed by atoms with Crippen molar-refractivity contribution in [3.05, 3.63) is 36.4 Å². The first-order valence-corrected chi connectivity index (χ1v) is 5.12. The topological polar surface area (TPSA) is 45.4 Å². The fourth-order valence-electron chi connectivity index (χ4n) is 2.06. The second-order valence-electron chi connectivity index (χ2n) is 3.68. The van der Waals surface area contributed by atoms with Crippen LogP contribution in [0.15, 0.2) is 40.8 Å². The Hall–Kier alpha value is -2.16. The van der Waals surface area contributed by atoms with Crippen molar-refractivity contribution >= 4 is 27.6 Å². The van der Waals surface area contributed by atoms with Crippen LogP contribution in [-0.2, 0) is 0 Å². The highest BCUT2D eigenvalue weighted by Gasteiger charge is 2.12. The van der Waals surface area contributed by atoms with Gasteiger partial charge in [0.05, 0.1) is 11.1 Å². The number of rotatable bonds is 1. The van der Waals surface area contributed by atoms with Gasteiger partial charge in [-0.15, -0.1) is 0 Å². The molecule has 0 aliphatic carbocycles. The summed E-state index contributed by atoms with van der Waals surface area (Å²) in [7, 11) is 1.79. The lowest BCUT2D eigenvalue weighted by atomic mass is 10.1. The van der Waals surface area contributed by atoms with Crippen LogP contribution in [0.5, 0.6) is 5.75 Å². The molecule has 0 fully saturated rings. The molecule has 2 aromatic carbocycles. The van der Waals surface area contributed by atoms with Crippen molar-refractivity contribution < 1.29 is 9.52 Å². The average Bonchev–Trinajstić information content (AvgIpc) is 2.68. The number of hydrogen-bond donors (Lipinski definition) is 2. The van der Waals surface area contributed by atoms with Gasteiger partial charge in [-0.05, 0) is 18.2 Å². The Labute approximate surface area is 92.3 Å². The van der Waals surface area contributed by atoms with E-state index in [-0.39, 0.29) is 5.75 Å². The fourth-order valence-corrected chi connectivity index (χ4v) is 2.06. The third-order valence-electron chi connectivity index (χ3n) is 2.77. The minimum Gasteiger partial charge on any atom is -0.506 e. The number of anilines is 1. The molecule has 3 heteroatoms. The van der Waals surface area contributed by atoms with E-state index < -0.39 is 0 Å². The van der Waals surface area contributed by atoms with E-state index >= 15 is 0 Å². The Kier molecular flexibility index (Phi) is 1.80. The first kappa shape index (κ1) is 9.09. The molecule has 1 heterocycles. The van der Waals surface area contributed by atoms with Gasteiger partial charge in [0.15, 0.2) is 0 Å². The van der Waals surface area contributed by atoms with E-state index in [1.54, 1.807) is 19.2 Å². The Morgan fingerprint density at radius 2 is 1.88 bits per heavy atom. The van der Waals surface area contributed by atoms with E-state index in [0.717, 1.165) is 21.9 Å². The van der Waals surface area contributed by atoms with Crippen molar-refractivity contribution in [2.75, 3.05) is 12.4 Å². The van der Waals surface area contributed by atoms with Crippen LogP contribution in [0.1, 0.15) is 0 Å². The molecular formula is C13H11NO2. The second kappa shape index (κ2) is 3.17. The molecule has 3 aromatic rings. The summed E-state index contributed by atoms with van der Waals surface area (Å²) in [5.74, 6) is 0.238. The van der Waals surface area contributed by atoms with Crippen molar-refractivity contribution in [1.82, 2.24) is 0 Å². The number of nitrogens with one attached hydrogen (secondary N) is 1. The van der Waals surface area contributed by atoms with Gasteiger partial charge < -0.3 is 14.8 Å². The number of fused-ring (bicyclic) bond motifs is 3. The average molecular weight is 213 g/mol. The molecule has 80 valence electrons. The van der Waals surface area contributed by atoms with E-state index in [9.17, 15) is 5.11 Å². The molecule has 0 saturated carbocycles. The van der Waals surface area contributed by atoms with Crippen LogP contribution in [0.4, 0.5) is 5.69 Å². The first-order chi connectivity index (χ1) is 7.81. The van der Waals surface area contributed by atoms with Gasteiger partial charge in [0, 0.05) is 12.4 Å². The minimum absolute atomic E-state index is 0.238. The maximum Gasteiger partial charge on any atom is 0.139 e. The van der Waals surface area contributed by atoms with Gasteiger partial charge in [0.25, 0.3) is 0 Å². The lowest BCUT2D eigenvalue weighted by Gasteiger charge is -2.04. The number of phenols is 1. The Morgan fingerprint density at radius 1 is 1.06 bits per heavy atom. The Balaban J connectivity index is 2.57. The van der Waals surface area contributed by atoms with Gasteiger partial charge in [0.2, 0.25) is 0 Å². The van der Waals surface area contributed by atoms with E-state index in [2.05, 4.69) is 5.32 Å². The van der Waals surface area contributed by atoms with Gasteiger partial charge in [-0.3, -0.25) is 0 Å². The maximum absolute atomic E-state index is 9.78. The number of furan rings is 1. The third-order valence-corrected chi connectivity index (χ3v) is 2.77. The van der Waals surface area contributed by atoms with Crippen molar-refractivity contribution in [3.63, 3.8) is 0 Å². The number of para-hydroxylation sites is 1. The van der Waals surface area contributed by atoms with Crippen LogP contribution >= 0.6 is 0 Å². The summed E-state index contributed by atoms with van der Waals surface area (Å²) in [6.07, 6.45) is 0. The van der Waals surface area contributed by atoms with Crippen LogP contribution in [0, 0.1) is 0 Å². The molecule has 0 radical (unpaired) electrons. The second-order valence-corrected chi connectivity index (χ2v) is 3.68. The zero-order valence-electron chi connectivity index (χ0n) is 8.82. The highest BCUT2D eigenvalue weighted by atomic mass is 16.3. The summed E-state index contributed by atoms with van der Waals surface area (Å²) < 4.78 is 5.70. The number of phenolic OH excluding ortho intramolecular Hbond substituents is 1. The van der Waals surface area contributed by atoms with Gasteiger partial charge >= 0.3 is 0 Å². The van der Waals surface area contributed by atoms with Crippen LogP contribution in [0.3, 0.4) is 0 Å². The van der Waals surface area contributed by atoms with E-state index in [1.165, 1.54) is 0 Å². The molecule has 0 atom stereocenters. The Morgan fingerprint density at radius 3 is 2.69 bits per heavy atom. The largest absolute Gasteiger partial charge is 0.506 e. The molecule has 3 rings (SSSR count). The van der Waals surface area contributed by atoms with Crippen LogP contribution in [-0.4, -0.2) is 12.2 Å². The summed E-state index contributed by atoms with van der Waals surface area (Å²) in [4.78, 5) is 0. The quantitative estimate of drug-likeness (QED) is 0.609. The molecule has 0 amide bonds. The molecule has 0 spiro atoms. The monoisotopic (exact) mass is 213 g/mol. The van der Waals surface area contributed by atoms with Crippen molar-refractivity contribution in [2.45, 2.75) is 0 Å².